The molecule has 1 aliphatic rings. The van der Waals surface area contributed by atoms with Crippen LogP contribution in [0.4, 0.5) is 17.1 Å². The topological polar surface area (TPSA) is 123 Å². The minimum Gasteiger partial charge on any atom is -0.358 e. The number of hydrogen-bond acceptors (Lipinski definition) is 7. The molecule has 9 nitrogen and oxygen atoms in total. The summed E-state index contributed by atoms with van der Waals surface area (Å²) in [5.74, 6) is 0. The maximum absolute atomic E-state index is 11.3. The Morgan fingerprint density at radius 3 is 2.54 bits per heavy atom. The Morgan fingerprint density at radius 1 is 1.14 bits per heavy atom. The number of nitro benzene ring substituents is 2. The van der Waals surface area contributed by atoms with Gasteiger partial charge in [0.1, 0.15) is 17.9 Å². The van der Waals surface area contributed by atoms with Crippen molar-refractivity contribution < 1.29 is 14.6 Å². The van der Waals surface area contributed by atoms with E-state index in [4.69, 9.17) is 4.74 Å². The molecule has 9 heteroatoms. The second-order valence-electron chi connectivity index (χ2n) is 6.42. The second-order valence-corrected chi connectivity index (χ2v) is 6.42. The number of nitro groups is 2. The lowest BCUT2D eigenvalue weighted by molar-refractivity contribution is -0.393. The molecule has 1 heterocycles. The van der Waals surface area contributed by atoms with Gasteiger partial charge >= 0.3 is 5.69 Å². The summed E-state index contributed by atoms with van der Waals surface area (Å²) >= 11 is 0. The molecule has 2 aromatic rings. The summed E-state index contributed by atoms with van der Waals surface area (Å²) < 4.78 is 5.78. The lowest BCUT2D eigenvalue weighted by atomic mass is 10.0. The molecule has 1 aliphatic heterocycles. The fraction of sp³-hybridized carbons (Fsp3) is 0.316. The van der Waals surface area contributed by atoms with Crippen molar-refractivity contribution in [2.24, 2.45) is 5.10 Å². The standard InChI is InChI=1S/C19H20N4O5/c1-2-3-9-16(19-18(28-19)13-7-5-4-6-8-13)21-20-15-11-10-14(22(24)25)12-17(15)23(26)27/h4-8,10-12,18-20H,2-3,9H2,1H3. The predicted molar refractivity (Wildman–Crippen MR) is 104 cm³/mol. The summed E-state index contributed by atoms with van der Waals surface area (Å²) in [6.45, 7) is 2.06. The van der Waals surface area contributed by atoms with Crippen molar-refractivity contribution in [1.82, 2.24) is 0 Å². The van der Waals surface area contributed by atoms with E-state index < -0.39 is 15.5 Å². The van der Waals surface area contributed by atoms with Gasteiger partial charge in [-0.1, -0.05) is 43.7 Å². The number of nitrogens with zero attached hydrogens (tertiary/aromatic N) is 3. The summed E-state index contributed by atoms with van der Waals surface area (Å²) in [6, 6.07) is 13.2. The van der Waals surface area contributed by atoms with Crippen molar-refractivity contribution in [3.63, 3.8) is 0 Å². The van der Waals surface area contributed by atoms with Gasteiger partial charge in [-0.05, 0) is 24.5 Å². The third kappa shape index (κ3) is 4.49. The van der Waals surface area contributed by atoms with Crippen LogP contribution in [0.5, 0.6) is 0 Å². The molecule has 28 heavy (non-hydrogen) atoms. The van der Waals surface area contributed by atoms with E-state index in [9.17, 15) is 20.2 Å². The number of unbranched alkanes of at least 4 members (excludes halogenated alkanes) is 1. The molecule has 0 aliphatic carbocycles. The van der Waals surface area contributed by atoms with Gasteiger partial charge in [-0.15, -0.1) is 0 Å². The number of ether oxygens (including phenoxy) is 1. The molecule has 146 valence electrons. The van der Waals surface area contributed by atoms with Crippen molar-refractivity contribution in [3.8, 4) is 0 Å². The molecule has 0 saturated carbocycles. The second kappa shape index (κ2) is 8.57. The van der Waals surface area contributed by atoms with Crippen molar-refractivity contribution in [2.75, 3.05) is 5.43 Å². The minimum absolute atomic E-state index is 0.0783. The molecule has 3 rings (SSSR count). The first-order valence-corrected chi connectivity index (χ1v) is 8.97. The van der Waals surface area contributed by atoms with Gasteiger partial charge in [-0.2, -0.15) is 5.10 Å². The van der Waals surface area contributed by atoms with Crippen molar-refractivity contribution >= 4 is 22.8 Å². The van der Waals surface area contributed by atoms with Crippen LogP contribution in [-0.2, 0) is 4.74 Å². The molecule has 2 aromatic carbocycles. The zero-order chi connectivity index (χ0) is 20.1. The molecular formula is C19H20N4O5. The third-order valence-corrected chi connectivity index (χ3v) is 4.44. The highest BCUT2D eigenvalue weighted by atomic mass is 16.6. The van der Waals surface area contributed by atoms with Gasteiger partial charge in [0.15, 0.2) is 0 Å². The fourth-order valence-corrected chi connectivity index (χ4v) is 2.89. The number of hydrazone groups is 1. The third-order valence-electron chi connectivity index (χ3n) is 4.44. The summed E-state index contributed by atoms with van der Waals surface area (Å²) in [7, 11) is 0. The molecular weight excluding hydrogens is 364 g/mol. The van der Waals surface area contributed by atoms with E-state index in [2.05, 4.69) is 17.5 Å². The van der Waals surface area contributed by atoms with Crippen LogP contribution in [0.25, 0.3) is 0 Å². The summed E-state index contributed by atoms with van der Waals surface area (Å²) in [5, 5.41) is 26.5. The number of non-ortho nitro benzene ring substituents is 1. The first-order valence-electron chi connectivity index (χ1n) is 8.97. The summed E-state index contributed by atoms with van der Waals surface area (Å²) in [6.07, 6.45) is 2.31. The fourth-order valence-electron chi connectivity index (χ4n) is 2.89. The lowest BCUT2D eigenvalue weighted by Gasteiger charge is -2.06. The van der Waals surface area contributed by atoms with E-state index in [1.54, 1.807) is 0 Å². The van der Waals surface area contributed by atoms with E-state index in [0.29, 0.717) is 6.42 Å². The average molecular weight is 384 g/mol. The number of anilines is 1. The van der Waals surface area contributed by atoms with Gasteiger partial charge < -0.3 is 4.74 Å². The first kappa shape index (κ1) is 19.4. The van der Waals surface area contributed by atoms with Crippen LogP contribution < -0.4 is 5.43 Å². The molecule has 1 fully saturated rings. The smallest absolute Gasteiger partial charge is 0.301 e. The molecule has 0 aromatic heterocycles. The van der Waals surface area contributed by atoms with Gasteiger partial charge in [0.05, 0.1) is 21.6 Å². The summed E-state index contributed by atoms with van der Waals surface area (Å²) in [5.41, 5.74) is 3.88. The maximum atomic E-state index is 11.3. The van der Waals surface area contributed by atoms with Crippen molar-refractivity contribution in [1.29, 1.82) is 0 Å². The number of epoxide rings is 1. The normalized spacial score (nSPS) is 18.5. The average Bonchev–Trinajstić information content (AvgIpc) is 3.49. The van der Waals surface area contributed by atoms with Crippen molar-refractivity contribution in [2.45, 2.75) is 38.4 Å². The first-order chi connectivity index (χ1) is 13.5. The maximum Gasteiger partial charge on any atom is 0.301 e. The van der Waals surface area contributed by atoms with Gasteiger partial charge in [0, 0.05) is 6.07 Å². The number of rotatable bonds is 9. The van der Waals surface area contributed by atoms with Crippen LogP contribution in [0, 0.1) is 20.2 Å². The van der Waals surface area contributed by atoms with Crippen LogP contribution in [0.2, 0.25) is 0 Å². The van der Waals surface area contributed by atoms with Crippen LogP contribution in [0.3, 0.4) is 0 Å². The number of nitrogens with one attached hydrogen (secondary N) is 1. The van der Waals surface area contributed by atoms with E-state index in [1.165, 1.54) is 12.1 Å². The Morgan fingerprint density at radius 2 is 1.89 bits per heavy atom. The zero-order valence-electron chi connectivity index (χ0n) is 15.3. The Kier molecular flexibility index (Phi) is 5.95. The molecule has 1 N–H and O–H groups in total. The quantitative estimate of drug-likeness (QED) is 0.292. The van der Waals surface area contributed by atoms with E-state index in [-0.39, 0.29) is 23.6 Å². The monoisotopic (exact) mass is 384 g/mol. The Labute approximate surface area is 161 Å². The Balaban J connectivity index is 1.81. The van der Waals surface area contributed by atoms with E-state index in [0.717, 1.165) is 30.2 Å². The number of benzene rings is 2. The molecule has 0 spiro atoms. The molecule has 0 radical (unpaired) electrons. The zero-order valence-corrected chi connectivity index (χ0v) is 15.3. The predicted octanol–water partition coefficient (Wildman–Crippen LogP) is 4.60. The Hall–Kier alpha value is -3.33. The highest BCUT2D eigenvalue weighted by Crippen LogP contribution is 2.40. The van der Waals surface area contributed by atoms with Gasteiger partial charge in [-0.25, -0.2) is 0 Å². The Bertz CT molecular complexity index is 900. The van der Waals surface area contributed by atoms with Gasteiger partial charge in [0.2, 0.25) is 0 Å². The van der Waals surface area contributed by atoms with Gasteiger partial charge in [0.25, 0.3) is 5.69 Å². The highest BCUT2D eigenvalue weighted by molar-refractivity contribution is 5.92. The molecule has 0 bridgehead atoms. The molecule has 2 unspecified atom stereocenters. The van der Waals surface area contributed by atoms with Crippen molar-refractivity contribution in [3.05, 3.63) is 74.3 Å². The SMILES string of the molecule is CCCCC(=NNc1ccc([N+](=O)[O-])cc1[N+](=O)[O-])C1OC1c1ccccc1. The largest absolute Gasteiger partial charge is 0.358 e. The van der Waals surface area contributed by atoms with Gasteiger partial charge in [-0.3, -0.25) is 25.7 Å². The van der Waals surface area contributed by atoms with Crippen LogP contribution in [-0.4, -0.2) is 21.7 Å². The minimum atomic E-state index is -0.671. The lowest BCUT2D eigenvalue weighted by Crippen LogP contribution is -2.11. The molecule has 1 saturated heterocycles. The van der Waals surface area contributed by atoms with Crippen LogP contribution >= 0.6 is 0 Å². The van der Waals surface area contributed by atoms with Crippen LogP contribution in [0.1, 0.15) is 37.9 Å². The molecule has 2 atom stereocenters. The summed E-state index contributed by atoms with van der Waals surface area (Å²) in [4.78, 5) is 20.8. The van der Waals surface area contributed by atoms with Crippen LogP contribution in [0.15, 0.2) is 53.6 Å². The number of hydrogen-bond donors (Lipinski definition) is 1. The van der Waals surface area contributed by atoms with E-state index >= 15 is 0 Å². The molecule has 0 amide bonds. The highest BCUT2D eigenvalue weighted by Gasteiger charge is 2.43. The van der Waals surface area contributed by atoms with E-state index in [1.807, 2.05) is 30.3 Å².